The molecule has 0 saturated carbocycles. The molecule has 2 aliphatic rings. The number of aromatic nitrogens is 2. The van der Waals surface area contributed by atoms with E-state index in [4.69, 9.17) is 0 Å². The van der Waals surface area contributed by atoms with Crippen LogP contribution in [0.2, 0.25) is 0 Å². The summed E-state index contributed by atoms with van der Waals surface area (Å²) in [6.45, 7) is 0.566. The van der Waals surface area contributed by atoms with E-state index in [9.17, 15) is 9.59 Å². The molecule has 5 rings (SSSR count). The maximum absolute atomic E-state index is 12.6. The van der Waals surface area contributed by atoms with Crippen molar-refractivity contribution in [3.05, 3.63) is 64.0 Å². The van der Waals surface area contributed by atoms with Gasteiger partial charge in [0.05, 0.1) is 25.0 Å². The molecular formula is C25H25BrN4O3. The van der Waals surface area contributed by atoms with Gasteiger partial charge in [0.25, 0.3) is 0 Å². The largest absolute Gasteiger partial charge is 0.453 e. The van der Waals surface area contributed by atoms with E-state index in [1.165, 1.54) is 29.4 Å². The van der Waals surface area contributed by atoms with Crippen molar-refractivity contribution in [2.45, 2.75) is 31.7 Å². The molecule has 0 unspecified atom stereocenters. The molecule has 33 heavy (non-hydrogen) atoms. The second-order valence-electron chi connectivity index (χ2n) is 8.45. The third kappa shape index (κ3) is 4.27. The standard InChI is InChI=1S/C25H25BrN4O3/c1-33-25(32)28-14-23(31)30-10-2-3-22(30)24-27-13-21(29-24)17-6-8-19-15(11-17)4-5-16-12-18(26)7-9-20(16)19/h6-9,11-13,22H,2-5,10,14H2,1H3,(H,27,29)(H,28,32)/t22-/m0/s1. The van der Waals surface area contributed by atoms with Crippen LogP contribution in [0.5, 0.6) is 0 Å². The number of likely N-dealkylation sites (tertiary alicyclic amines) is 1. The quantitative estimate of drug-likeness (QED) is 0.537. The average molecular weight is 509 g/mol. The van der Waals surface area contributed by atoms with Gasteiger partial charge in [-0.15, -0.1) is 0 Å². The summed E-state index contributed by atoms with van der Waals surface area (Å²) in [5.74, 6) is 0.641. The van der Waals surface area contributed by atoms with Gasteiger partial charge in [-0.2, -0.15) is 0 Å². The molecule has 1 atom stereocenters. The molecule has 2 N–H and O–H groups in total. The van der Waals surface area contributed by atoms with E-state index in [1.807, 2.05) is 6.20 Å². The van der Waals surface area contributed by atoms with Crippen LogP contribution in [-0.4, -0.2) is 47.1 Å². The van der Waals surface area contributed by atoms with E-state index in [-0.39, 0.29) is 18.5 Å². The number of H-pyrrole nitrogens is 1. The van der Waals surface area contributed by atoms with Gasteiger partial charge in [0.1, 0.15) is 12.4 Å². The van der Waals surface area contributed by atoms with Crippen LogP contribution in [-0.2, 0) is 22.4 Å². The molecular weight excluding hydrogens is 484 g/mol. The fraction of sp³-hybridized carbons (Fsp3) is 0.320. The lowest BCUT2D eigenvalue weighted by Gasteiger charge is -2.23. The first kappa shape index (κ1) is 21.7. The molecule has 1 aliphatic heterocycles. The van der Waals surface area contributed by atoms with E-state index in [0.717, 1.165) is 47.2 Å². The summed E-state index contributed by atoms with van der Waals surface area (Å²) in [4.78, 5) is 33.8. The molecule has 2 heterocycles. The molecule has 1 aromatic heterocycles. The fourth-order valence-electron chi connectivity index (χ4n) is 4.86. The van der Waals surface area contributed by atoms with Gasteiger partial charge in [0.15, 0.2) is 0 Å². The number of amides is 2. The van der Waals surface area contributed by atoms with Crippen LogP contribution in [0.25, 0.3) is 22.4 Å². The van der Waals surface area contributed by atoms with Crippen LogP contribution in [0.3, 0.4) is 0 Å². The Morgan fingerprint density at radius 2 is 1.94 bits per heavy atom. The number of aryl methyl sites for hydroxylation is 2. The lowest BCUT2D eigenvalue weighted by atomic mass is 9.84. The summed E-state index contributed by atoms with van der Waals surface area (Å²) in [6, 6.07) is 12.9. The Labute approximate surface area is 200 Å². The molecule has 170 valence electrons. The molecule has 1 fully saturated rings. The maximum Gasteiger partial charge on any atom is 0.407 e. The first-order chi connectivity index (χ1) is 16.0. The number of carbonyl (C=O) groups is 2. The van der Waals surface area contributed by atoms with Crippen LogP contribution in [0.4, 0.5) is 4.79 Å². The molecule has 7 nitrogen and oxygen atoms in total. The molecule has 2 aromatic carbocycles. The van der Waals surface area contributed by atoms with Crippen molar-refractivity contribution in [3.8, 4) is 22.4 Å². The number of nitrogens with zero attached hydrogens (tertiary/aromatic N) is 2. The third-order valence-electron chi connectivity index (χ3n) is 6.49. The highest BCUT2D eigenvalue weighted by molar-refractivity contribution is 9.10. The van der Waals surface area contributed by atoms with E-state index >= 15 is 0 Å². The number of halogens is 1. The number of hydrogen-bond acceptors (Lipinski definition) is 4. The van der Waals surface area contributed by atoms with E-state index in [2.05, 4.69) is 72.3 Å². The highest BCUT2D eigenvalue weighted by Crippen LogP contribution is 2.37. The Balaban J connectivity index is 1.35. The van der Waals surface area contributed by atoms with Crippen LogP contribution >= 0.6 is 15.9 Å². The smallest absolute Gasteiger partial charge is 0.407 e. The Hall–Kier alpha value is -3.13. The summed E-state index contributed by atoms with van der Waals surface area (Å²) >= 11 is 3.57. The van der Waals surface area contributed by atoms with E-state index < -0.39 is 6.09 Å². The van der Waals surface area contributed by atoms with Gasteiger partial charge < -0.3 is 19.9 Å². The van der Waals surface area contributed by atoms with Gasteiger partial charge in [-0.05, 0) is 71.7 Å². The van der Waals surface area contributed by atoms with Gasteiger partial charge in [0.2, 0.25) is 5.91 Å². The second kappa shape index (κ2) is 9.02. The topological polar surface area (TPSA) is 87.3 Å². The third-order valence-corrected chi connectivity index (χ3v) is 6.98. The summed E-state index contributed by atoms with van der Waals surface area (Å²) < 4.78 is 5.67. The molecule has 8 heteroatoms. The number of benzene rings is 2. The summed E-state index contributed by atoms with van der Waals surface area (Å²) in [5, 5.41) is 2.47. The van der Waals surface area contributed by atoms with Crippen LogP contribution < -0.4 is 5.32 Å². The summed E-state index contributed by atoms with van der Waals surface area (Å²) in [5.41, 5.74) is 7.35. The van der Waals surface area contributed by atoms with Gasteiger partial charge >= 0.3 is 6.09 Å². The van der Waals surface area contributed by atoms with Crippen LogP contribution in [0.15, 0.2) is 47.1 Å². The zero-order valence-corrected chi connectivity index (χ0v) is 19.9. The highest BCUT2D eigenvalue weighted by Gasteiger charge is 2.32. The number of imidazole rings is 1. The number of carbonyl (C=O) groups excluding carboxylic acids is 2. The summed E-state index contributed by atoms with van der Waals surface area (Å²) in [7, 11) is 1.28. The molecule has 1 aliphatic carbocycles. The van der Waals surface area contributed by atoms with Gasteiger partial charge in [0, 0.05) is 11.0 Å². The second-order valence-corrected chi connectivity index (χ2v) is 9.36. The predicted molar refractivity (Wildman–Crippen MR) is 129 cm³/mol. The van der Waals surface area contributed by atoms with Crippen molar-refractivity contribution < 1.29 is 14.3 Å². The number of ether oxygens (including phenoxy) is 1. The highest BCUT2D eigenvalue weighted by atomic mass is 79.9. The summed E-state index contributed by atoms with van der Waals surface area (Å²) in [6.07, 6.45) is 5.01. The fourth-order valence-corrected chi connectivity index (χ4v) is 5.26. The number of fused-ring (bicyclic) bond motifs is 3. The lowest BCUT2D eigenvalue weighted by Crippen LogP contribution is -2.40. The zero-order valence-electron chi connectivity index (χ0n) is 18.4. The van der Waals surface area contributed by atoms with Crippen molar-refractivity contribution >= 4 is 27.9 Å². The van der Waals surface area contributed by atoms with Gasteiger partial charge in [-0.25, -0.2) is 9.78 Å². The van der Waals surface area contributed by atoms with Crippen molar-refractivity contribution in [1.82, 2.24) is 20.2 Å². The number of alkyl carbamates (subject to hydrolysis) is 1. The number of hydrogen-bond donors (Lipinski definition) is 2. The molecule has 3 aromatic rings. The number of aromatic amines is 1. The van der Waals surface area contributed by atoms with Crippen LogP contribution in [0, 0.1) is 0 Å². The van der Waals surface area contributed by atoms with E-state index in [1.54, 1.807) is 4.90 Å². The van der Waals surface area contributed by atoms with Gasteiger partial charge in [-0.3, -0.25) is 4.79 Å². The number of methoxy groups -OCH3 is 1. The molecule has 0 spiro atoms. The normalized spacial score (nSPS) is 16.8. The molecule has 1 saturated heterocycles. The minimum atomic E-state index is -0.609. The van der Waals surface area contributed by atoms with E-state index in [0.29, 0.717) is 6.54 Å². The number of rotatable bonds is 4. The minimum absolute atomic E-state index is 0.0837. The monoisotopic (exact) mass is 508 g/mol. The number of nitrogens with one attached hydrogen (secondary N) is 2. The first-order valence-electron chi connectivity index (χ1n) is 11.1. The van der Waals surface area contributed by atoms with Crippen LogP contribution in [0.1, 0.15) is 35.8 Å². The van der Waals surface area contributed by atoms with Crippen molar-refractivity contribution in [1.29, 1.82) is 0 Å². The maximum atomic E-state index is 12.6. The van der Waals surface area contributed by atoms with Crippen molar-refractivity contribution in [3.63, 3.8) is 0 Å². The Bertz CT molecular complexity index is 1220. The molecule has 0 bridgehead atoms. The Morgan fingerprint density at radius 3 is 2.73 bits per heavy atom. The van der Waals surface area contributed by atoms with Crippen molar-refractivity contribution in [2.24, 2.45) is 0 Å². The minimum Gasteiger partial charge on any atom is -0.453 e. The Kier molecular flexibility index (Phi) is 5.93. The Morgan fingerprint density at radius 1 is 1.18 bits per heavy atom. The lowest BCUT2D eigenvalue weighted by molar-refractivity contribution is -0.131. The predicted octanol–water partition coefficient (Wildman–Crippen LogP) is 4.62. The molecule has 2 amide bonds. The van der Waals surface area contributed by atoms with Crippen molar-refractivity contribution in [2.75, 3.05) is 20.2 Å². The van der Waals surface area contributed by atoms with Gasteiger partial charge in [-0.1, -0.05) is 34.1 Å². The molecule has 0 radical (unpaired) electrons. The average Bonchev–Trinajstić information content (AvgIpc) is 3.51. The first-order valence-corrected chi connectivity index (χ1v) is 11.9. The zero-order chi connectivity index (χ0) is 22.9. The SMILES string of the molecule is COC(=O)NCC(=O)N1CCC[C@H]1c1ncc(-c2ccc3c(c2)CCc2cc(Br)ccc2-3)[nH]1.